The van der Waals surface area contributed by atoms with Crippen LogP contribution in [0.15, 0.2) is 40.9 Å². The topological polar surface area (TPSA) is 0 Å². The fourth-order valence-electron chi connectivity index (χ4n) is 2.53. The van der Waals surface area contributed by atoms with E-state index < -0.39 is 0 Å². The summed E-state index contributed by atoms with van der Waals surface area (Å²) in [7, 11) is 6.12. The maximum atomic E-state index is 6.12. The fourth-order valence-corrected chi connectivity index (χ4v) is 3.16. The van der Waals surface area contributed by atoms with Gasteiger partial charge >= 0.3 is 0 Å². The Balaban J connectivity index is 2.03. The van der Waals surface area contributed by atoms with E-state index in [-0.39, 0.29) is 0 Å². The smallest absolute Gasteiger partial charge is 0.0933 e. The molecular formula is C16H14BBr. The van der Waals surface area contributed by atoms with Crippen LogP contribution in [0.5, 0.6) is 0 Å². The fraction of sp³-hybridized carbons (Fsp3) is 0.250. The number of hydrogen-bond donors (Lipinski definition) is 0. The van der Waals surface area contributed by atoms with E-state index >= 15 is 0 Å². The largest absolute Gasteiger partial charge is 0.114 e. The van der Waals surface area contributed by atoms with E-state index in [1.165, 1.54) is 26.7 Å². The SMILES string of the molecule is [B]c1cc2ccc1CCc1ccc(c(Br)c1)CC2. The van der Waals surface area contributed by atoms with Gasteiger partial charge in [-0.1, -0.05) is 57.3 Å². The Kier molecular flexibility index (Phi) is 3.30. The second-order valence-corrected chi connectivity index (χ2v) is 5.81. The summed E-state index contributed by atoms with van der Waals surface area (Å²) in [5.41, 5.74) is 6.28. The van der Waals surface area contributed by atoms with Crippen LogP contribution in [-0.2, 0) is 25.7 Å². The van der Waals surface area contributed by atoms with Crippen molar-refractivity contribution in [3.05, 3.63) is 63.1 Å². The average molecular weight is 297 g/mol. The van der Waals surface area contributed by atoms with Gasteiger partial charge in [0.05, 0.1) is 0 Å². The third kappa shape index (κ3) is 2.39. The van der Waals surface area contributed by atoms with Gasteiger partial charge in [-0.3, -0.25) is 0 Å². The standard InChI is InChI=1S/C16H14BBr/c17-15-9-11-1-5-13(15)6-2-12-4-8-14(7-3-11)16(18)10-12/h1,4-5,8-10H,2-3,6-7H2. The van der Waals surface area contributed by atoms with E-state index in [0.29, 0.717) is 0 Å². The summed E-state index contributed by atoms with van der Waals surface area (Å²) in [6.45, 7) is 0. The number of hydrogen-bond acceptors (Lipinski definition) is 0. The van der Waals surface area contributed by atoms with Crippen molar-refractivity contribution in [1.82, 2.24) is 0 Å². The molecule has 0 fully saturated rings. The summed E-state index contributed by atoms with van der Waals surface area (Å²) in [5, 5.41) is 0. The van der Waals surface area contributed by atoms with Gasteiger partial charge in [0.25, 0.3) is 0 Å². The molecule has 0 unspecified atom stereocenters. The zero-order valence-electron chi connectivity index (χ0n) is 10.2. The Morgan fingerprint density at radius 3 is 2.06 bits per heavy atom. The van der Waals surface area contributed by atoms with E-state index in [1.807, 2.05) is 0 Å². The van der Waals surface area contributed by atoms with Crippen molar-refractivity contribution < 1.29 is 0 Å². The molecule has 0 saturated heterocycles. The van der Waals surface area contributed by atoms with Crippen molar-refractivity contribution in [3.63, 3.8) is 0 Å². The van der Waals surface area contributed by atoms with Crippen LogP contribution in [0.2, 0.25) is 0 Å². The third-order valence-electron chi connectivity index (χ3n) is 3.69. The first-order valence-corrected chi connectivity index (χ1v) is 7.16. The molecule has 0 heterocycles. The van der Waals surface area contributed by atoms with E-state index in [2.05, 4.69) is 52.3 Å². The van der Waals surface area contributed by atoms with Crippen LogP contribution in [0.4, 0.5) is 0 Å². The Bertz CT molecular complexity index is 536. The van der Waals surface area contributed by atoms with Crippen LogP contribution in [0.3, 0.4) is 0 Å². The van der Waals surface area contributed by atoms with Gasteiger partial charge < -0.3 is 0 Å². The molecule has 0 aromatic heterocycles. The van der Waals surface area contributed by atoms with Crippen molar-refractivity contribution in [2.24, 2.45) is 0 Å². The monoisotopic (exact) mass is 296 g/mol. The summed E-state index contributed by atoms with van der Waals surface area (Å²) in [6, 6.07) is 13.3. The highest BCUT2D eigenvalue weighted by Crippen LogP contribution is 2.22. The molecule has 0 N–H and O–H groups in total. The van der Waals surface area contributed by atoms with Gasteiger partial charge in [0.1, 0.15) is 7.85 Å². The molecule has 2 aromatic rings. The molecule has 2 radical (unpaired) electrons. The predicted molar refractivity (Wildman–Crippen MR) is 80.8 cm³/mol. The van der Waals surface area contributed by atoms with Crippen molar-refractivity contribution in [2.75, 3.05) is 0 Å². The molecule has 4 aliphatic carbocycles. The molecule has 4 aliphatic rings. The average Bonchev–Trinajstić information content (AvgIpc) is 2.34. The van der Waals surface area contributed by atoms with Gasteiger partial charge in [-0.15, -0.1) is 0 Å². The third-order valence-corrected chi connectivity index (χ3v) is 4.43. The summed E-state index contributed by atoms with van der Waals surface area (Å²) in [5.74, 6) is 0. The molecule has 0 nitrogen and oxygen atoms in total. The van der Waals surface area contributed by atoms with Crippen LogP contribution < -0.4 is 5.46 Å². The molecule has 2 heteroatoms. The number of halogens is 1. The van der Waals surface area contributed by atoms with E-state index in [9.17, 15) is 0 Å². The van der Waals surface area contributed by atoms with Crippen LogP contribution in [-0.4, -0.2) is 7.85 Å². The summed E-state index contributed by atoms with van der Waals surface area (Å²) < 4.78 is 1.24. The summed E-state index contributed by atoms with van der Waals surface area (Å²) in [6.07, 6.45) is 4.16. The normalized spacial score (nSPS) is 14.3. The van der Waals surface area contributed by atoms with Crippen LogP contribution >= 0.6 is 15.9 Å². The van der Waals surface area contributed by atoms with Gasteiger partial charge in [-0.05, 0) is 48.4 Å². The molecule has 0 aliphatic heterocycles. The van der Waals surface area contributed by atoms with Crippen LogP contribution in [0.1, 0.15) is 22.3 Å². The second kappa shape index (κ2) is 4.93. The molecule has 4 bridgehead atoms. The molecular weight excluding hydrogens is 283 g/mol. The number of benzene rings is 2. The number of rotatable bonds is 0. The highest BCUT2D eigenvalue weighted by atomic mass is 79.9. The zero-order valence-corrected chi connectivity index (χ0v) is 11.8. The lowest BCUT2D eigenvalue weighted by molar-refractivity contribution is 0.922. The van der Waals surface area contributed by atoms with Crippen molar-refractivity contribution in [2.45, 2.75) is 25.7 Å². The van der Waals surface area contributed by atoms with Gasteiger partial charge in [0.2, 0.25) is 0 Å². The van der Waals surface area contributed by atoms with Crippen LogP contribution in [0.25, 0.3) is 0 Å². The van der Waals surface area contributed by atoms with E-state index in [0.717, 1.165) is 31.1 Å². The molecule has 2 aromatic carbocycles. The maximum Gasteiger partial charge on any atom is 0.114 e. The first-order valence-electron chi connectivity index (χ1n) is 6.37. The van der Waals surface area contributed by atoms with Crippen LogP contribution in [0, 0.1) is 0 Å². The Hall–Kier alpha value is -1.02. The lowest BCUT2D eigenvalue weighted by Gasteiger charge is -2.13. The molecule has 0 amide bonds. The highest BCUT2D eigenvalue weighted by molar-refractivity contribution is 9.10. The van der Waals surface area contributed by atoms with E-state index in [1.54, 1.807) is 0 Å². The van der Waals surface area contributed by atoms with Crippen molar-refractivity contribution in [1.29, 1.82) is 0 Å². The zero-order chi connectivity index (χ0) is 12.5. The van der Waals surface area contributed by atoms with E-state index in [4.69, 9.17) is 7.85 Å². The van der Waals surface area contributed by atoms with Gasteiger partial charge in [0, 0.05) is 4.47 Å². The molecule has 0 spiro atoms. The van der Waals surface area contributed by atoms with Crippen molar-refractivity contribution >= 4 is 29.2 Å². The van der Waals surface area contributed by atoms with Gasteiger partial charge in [-0.25, -0.2) is 0 Å². The molecule has 6 rings (SSSR count). The molecule has 0 saturated carbocycles. The Labute approximate surface area is 118 Å². The molecule has 88 valence electrons. The quantitative estimate of drug-likeness (QED) is 0.655. The van der Waals surface area contributed by atoms with Gasteiger partial charge in [-0.2, -0.15) is 0 Å². The lowest BCUT2D eigenvalue weighted by atomic mass is 9.85. The highest BCUT2D eigenvalue weighted by Gasteiger charge is 2.07. The Morgan fingerprint density at radius 2 is 1.39 bits per heavy atom. The summed E-state index contributed by atoms with van der Waals surface area (Å²) in [4.78, 5) is 0. The minimum Gasteiger partial charge on any atom is -0.0933 e. The molecule has 0 atom stereocenters. The number of aryl methyl sites for hydroxylation is 4. The first kappa shape index (κ1) is 12.0. The Morgan fingerprint density at radius 1 is 0.778 bits per heavy atom. The maximum absolute atomic E-state index is 6.12. The minimum absolute atomic E-state index is 0.946. The lowest BCUT2D eigenvalue weighted by Crippen LogP contribution is -2.13. The first-order chi connectivity index (χ1) is 8.72. The minimum atomic E-state index is 0.946. The van der Waals surface area contributed by atoms with Gasteiger partial charge in [0.15, 0.2) is 0 Å². The summed E-state index contributed by atoms with van der Waals surface area (Å²) >= 11 is 3.68. The second-order valence-electron chi connectivity index (χ2n) is 4.96. The predicted octanol–water partition coefficient (Wildman–Crippen LogP) is 3.13. The molecule has 18 heavy (non-hydrogen) atoms. The van der Waals surface area contributed by atoms with Crippen molar-refractivity contribution in [3.8, 4) is 0 Å².